The van der Waals surface area contributed by atoms with Crippen LogP contribution in [0.15, 0.2) is 46.8 Å². The van der Waals surface area contributed by atoms with Gasteiger partial charge in [-0.2, -0.15) is 10.5 Å². The molecule has 0 radical (unpaired) electrons. The summed E-state index contributed by atoms with van der Waals surface area (Å²) in [6.45, 7) is 5.10. The lowest BCUT2D eigenvalue weighted by Crippen LogP contribution is -2.23. The Morgan fingerprint density at radius 2 is 1.59 bits per heavy atom. The lowest BCUT2D eigenvalue weighted by atomic mass is 9.81. The van der Waals surface area contributed by atoms with Crippen molar-refractivity contribution in [3.05, 3.63) is 52.4 Å². The lowest BCUT2D eigenvalue weighted by Gasteiger charge is -2.26. The van der Waals surface area contributed by atoms with Gasteiger partial charge in [0.2, 0.25) is 5.91 Å². The van der Waals surface area contributed by atoms with E-state index in [-0.39, 0.29) is 11.8 Å². The standard InChI is InChI=1S/C17H16N4O/c1-10-15(8-18)17(16(9-19)11(2)20-10)13-4-6-14(7-5-13)21-12(3)22/h4-7,17,20H,1-3H3,(H,21,22). The second-order valence-corrected chi connectivity index (χ2v) is 5.16. The van der Waals surface area contributed by atoms with Crippen LogP contribution in [-0.2, 0) is 4.79 Å². The monoisotopic (exact) mass is 292 g/mol. The van der Waals surface area contributed by atoms with Crippen molar-refractivity contribution >= 4 is 11.6 Å². The number of dihydropyridines is 1. The summed E-state index contributed by atoms with van der Waals surface area (Å²) in [5, 5.41) is 24.6. The third kappa shape index (κ3) is 2.84. The van der Waals surface area contributed by atoms with Crippen LogP contribution >= 0.6 is 0 Å². The SMILES string of the molecule is CC(=O)Nc1ccc(C2C(C#N)=C(C)NC(C)=C2C#N)cc1. The first-order valence-electron chi connectivity index (χ1n) is 6.84. The lowest BCUT2D eigenvalue weighted by molar-refractivity contribution is -0.114. The van der Waals surface area contributed by atoms with E-state index in [1.54, 1.807) is 12.1 Å². The summed E-state index contributed by atoms with van der Waals surface area (Å²) in [5.41, 5.74) is 4.12. The van der Waals surface area contributed by atoms with Crippen molar-refractivity contribution in [3.8, 4) is 12.1 Å². The quantitative estimate of drug-likeness (QED) is 0.877. The van der Waals surface area contributed by atoms with Gasteiger partial charge in [-0.1, -0.05) is 12.1 Å². The molecule has 2 N–H and O–H groups in total. The van der Waals surface area contributed by atoms with Gasteiger partial charge < -0.3 is 10.6 Å². The van der Waals surface area contributed by atoms with Gasteiger partial charge >= 0.3 is 0 Å². The summed E-state index contributed by atoms with van der Waals surface area (Å²) < 4.78 is 0. The summed E-state index contributed by atoms with van der Waals surface area (Å²) in [6, 6.07) is 11.6. The number of rotatable bonds is 2. The Hall–Kier alpha value is -3.05. The zero-order chi connectivity index (χ0) is 16.3. The number of nitriles is 2. The van der Waals surface area contributed by atoms with Crippen molar-refractivity contribution < 1.29 is 4.79 Å². The predicted octanol–water partition coefficient (Wildman–Crippen LogP) is 2.93. The fraction of sp³-hybridized carbons (Fsp3) is 0.235. The van der Waals surface area contributed by atoms with Crippen LogP contribution in [0.2, 0.25) is 0 Å². The first-order chi connectivity index (χ1) is 10.5. The molecule has 1 heterocycles. The summed E-state index contributed by atoms with van der Waals surface area (Å²) in [4.78, 5) is 11.1. The molecule has 5 nitrogen and oxygen atoms in total. The van der Waals surface area contributed by atoms with Gasteiger partial charge in [-0.15, -0.1) is 0 Å². The molecule has 1 aromatic rings. The number of benzene rings is 1. The molecule has 2 rings (SSSR count). The number of nitrogens with zero attached hydrogens (tertiary/aromatic N) is 2. The van der Waals surface area contributed by atoms with Crippen LogP contribution in [0, 0.1) is 22.7 Å². The van der Waals surface area contributed by atoms with Crippen molar-refractivity contribution in [1.82, 2.24) is 5.32 Å². The summed E-state index contributed by atoms with van der Waals surface area (Å²) in [6.07, 6.45) is 0. The maximum Gasteiger partial charge on any atom is 0.221 e. The van der Waals surface area contributed by atoms with Gasteiger partial charge in [-0.05, 0) is 31.5 Å². The molecule has 1 amide bonds. The first kappa shape index (κ1) is 15.3. The van der Waals surface area contributed by atoms with E-state index in [1.807, 2.05) is 26.0 Å². The van der Waals surface area contributed by atoms with E-state index < -0.39 is 0 Å². The fourth-order valence-corrected chi connectivity index (χ4v) is 2.59. The molecule has 1 aliphatic heterocycles. The largest absolute Gasteiger partial charge is 0.361 e. The van der Waals surface area contributed by atoms with Gasteiger partial charge in [0.15, 0.2) is 0 Å². The molecule has 5 heteroatoms. The van der Waals surface area contributed by atoms with E-state index >= 15 is 0 Å². The molecule has 22 heavy (non-hydrogen) atoms. The van der Waals surface area contributed by atoms with Crippen LogP contribution in [0.5, 0.6) is 0 Å². The molecule has 0 atom stereocenters. The maximum absolute atomic E-state index is 11.1. The Bertz CT molecular complexity index is 721. The van der Waals surface area contributed by atoms with Gasteiger partial charge in [0.25, 0.3) is 0 Å². The Morgan fingerprint density at radius 1 is 1.09 bits per heavy atom. The van der Waals surface area contributed by atoms with Crippen LogP contribution in [0.25, 0.3) is 0 Å². The first-order valence-corrected chi connectivity index (χ1v) is 6.84. The van der Waals surface area contributed by atoms with Crippen LogP contribution in [0.3, 0.4) is 0 Å². The smallest absolute Gasteiger partial charge is 0.221 e. The molecule has 0 bridgehead atoms. The highest BCUT2D eigenvalue weighted by atomic mass is 16.1. The van der Waals surface area contributed by atoms with E-state index in [9.17, 15) is 15.3 Å². The number of nitrogens with one attached hydrogen (secondary N) is 2. The van der Waals surface area contributed by atoms with Crippen molar-refractivity contribution in [1.29, 1.82) is 10.5 Å². The highest BCUT2D eigenvalue weighted by molar-refractivity contribution is 5.88. The minimum absolute atomic E-state index is 0.142. The molecular formula is C17H16N4O. The van der Waals surface area contributed by atoms with E-state index in [0.29, 0.717) is 16.8 Å². The normalized spacial score (nSPS) is 15.0. The van der Waals surface area contributed by atoms with Gasteiger partial charge in [0.1, 0.15) is 0 Å². The van der Waals surface area contributed by atoms with E-state index in [2.05, 4.69) is 22.8 Å². The number of amides is 1. The molecule has 0 aliphatic carbocycles. The Kier molecular flexibility index (Phi) is 4.29. The molecule has 0 saturated heterocycles. The van der Waals surface area contributed by atoms with Crippen LogP contribution in [0.4, 0.5) is 5.69 Å². The summed E-state index contributed by atoms with van der Waals surface area (Å²) in [5.74, 6) is -0.515. The minimum Gasteiger partial charge on any atom is -0.361 e. The second-order valence-electron chi connectivity index (χ2n) is 5.16. The second kappa shape index (κ2) is 6.15. The van der Waals surface area contributed by atoms with Crippen LogP contribution in [0.1, 0.15) is 32.3 Å². The Balaban J connectivity index is 2.47. The van der Waals surface area contributed by atoms with E-state index in [0.717, 1.165) is 17.0 Å². The van der Waals surface area contributed by atoms with Crippen molar-refractivity contribution in [2.75, 3.05) is 5.32 Å². The van der Waals surface area contributed by atoms with Gasteiger partial charge in [-0.25, -0.2) is 0 Å². The number of hydrogen-bond acceptors (Lipinski definition) is 4. The number of carbonyl (C=O) groups is 1. The molecule has 0 unspecified atom stereocenters. The van der Waals surface area contributed by atoms with E-state index in [1.165, 1.54) is 6.92 Å². The highest BCUT2D eigenvalue weighted by Gasteiger charge is 2.29. The number of carbonyl (C=O) groups excluding carboxylic acids is 1. The zero-order valence-electron chi connectivity index (χ0n) is 12.7. The molecule has 0 aromatic heterocycles. The van der Waals surface area contributed by atoms with Crippen LogP contribution in [-0.4, -0.2) is 5.91 Å². The van der Waals surface area contributed by atoms with Crippen molar-refractivity contribution in [2.24, 2.45) is 0 Å². The molecule has 1 aromatic carbocycles. The van der Waals surface area contributed by atoms with Gasteiger partial charge in [-0.3, -0.25) is 4.79 Å². The van der Waals surface area contributed by atoms with Crippen LogP contribution < -0.4 is 10.6 Å². The molecule has 1 aliphatic rings. The number of hydrogen-bond donors (Lipinski definition) is 2. The molecule has 0 fully saturated rings. The minimum atomic E-state index is -0.373. The average Bonchev–Trinajstić information content (AvgIpc) is 2.47. The number of anilines is 1. The third-order valence-electron chi connectivity index (χ3n) is 3.57. The van der Waals surface area contributed by atoms with Gasteiger partial charge in [0, 0.05) is 24.0 Å². The van der Waals surface area contributed by atoms with Crippen molar-refractivity contribution in [2.45, 2.75) is 26.7 Å². The third-order valence-corrected chi connectivity index (χ3v) is 3.57. The topological polar surface area (TPSA) is 88.7 Å². The number of allylic oxidation sites excluding steroid dienone is 4. The fourth-order valence-electron chi connectivity index (χ4n) is 2.59. The maximum atomic E-state index is 11.1. The summed E-state index contributed by atoms with van der Waals surface area (Å²) in [7, 11) is 0. The Labute approximate surface area is 129 Å². The molecule has 0 spiro atoms. The zero-order valence-corrected chi connectivity index (χ0v) is 12.7. The van der Waals surface area contributed by atoms with E-state index in [4.69, 9.17) is 0 Å². The summed E-state index contributed by atoms with van der Waals surface area (Å²) >= 11 is 0. The van der Waals surface area contributed by atoms with Crippen molar-refractivity contribution in [3.63, 3.8) is 0 Å². The highest BCUT2D eigenvalue weighted by Crippen LogP contribution is 2.37. The average molecular weight is 292 g/mol. The molecular weight excluding hydrogens is 276 g/mol. The predicted molar refractivity (Wildman–Crippen MR) is 83.2 cm³/mol. The Morgan fingerprint density at radius 3 is 2.00 bits per heavy atom. The molecule has 0 saturated carbocycles. The molecule has 110 valence electrons. The van der Waals surface area contributed by atoms with Gasteiger partial charge in [0.05, 0.1) is 29.2 Å².